The Balaban J connectivity index is 1.81. The van der Waals surface area contributed by atoms with Crippen LogP contribution in [-0.4, -0.2) is 69.7 Å². The molecule has 10 heteroatoms. The summed E-state index contributed by atoms with van der Waals surface area (Å²) in [6.07, 6.45) is -0.298. The molecule has 0 bridgehead atoms. The van der Waals surface area contributed by atoms with E-state index in [1.165, 1.54) is 5.56 Å². The van der Waals surface area contributed by atoms with Crippen molar-refractivity contribution in [2.75, 3.05) is 43.4 Å². The van der Waals surface area contributed by atoms with Crippen molar-refractivity contribution in [2.24, 2.45) is 4.99 Å². The second-order valence-corrected chi connectivity index (χ2v) is 8.27. The molecule has 1 aliphatic rings. The lowest BCUT2D eigenvalue weighted by atomic mass is 10.1. The molecule has 1 fully saturated rings. The Morgan fingerprint density at radius 3 is 2.33 bits per heavy atom. The van der Waals surface area contributed by atoms with E-state index in [0.29, 0.717) is 49.8 Å². The Morgan fingerprint density at radius 2 is 1.70 bits per heavy atom. The molecule has 9 nitrogen and oxygen atoms in total. The molecule has 0 unspecified atom stereocenters. The minimum absolute atomic E-state index is 0.298. The molecule has 0 aliphatic carbocycles. The van der Waals surface area contributed by atoms with Gasteiger partial charge in [-0.05, 0) is 70.1 Å². The van der Waals surface area contributed by atoms with Crippen molar-refractivity contribution in [1.82, 2.24) is 19.8 Å². The molecule has 1 amide bonds. The van der Waals surface area contributed by atoms with E-state index in [2.05, 4.69) is 38.6 Å². The second-order valence-electron chi connectivity index (χ2n) is 7.89. The minimum atomic E-state index is -0.298. The standard InChI is InChI=1S/C23H31N7O2S/c1-6-32-23(31)30-12-10-29(11-13-30)21(27-20-24-16(3)14-17(4)25-20)28-22(33)26-19-9-7-8-15(2)18(19)5/h7-9,14H,6,10-13H2,1-5H3,(H2,24,25,26,27,28,33). The maximum Gasteiger partial charge on any atom is 0.409 e. The van der Waals surface area contributed by atoms with Crippen LogP contribution in [0, 0.1) is 27.7 Å². The van der Waals surface area contributed by atoms with Gasteiger partial charge in [-0.15, -0.1) is 0 Å². The van der Waals surface area contributed by atoms with Gasteiger partial charge in [0, 0.05) is 43.3 Å². The van der Waals surface area contributed by atoms with Crippen LogP contribution in [-0.2, 0) is 4.74 Å². The number of hydrogen-bond donors (Lipinski definition) is 2. The Hall–Kier alpha value is -3.27. The Bertz CT molecular complexity index is 1030. The summed E-state index contributed by atoms with van der Waals surface area (Å²) < 4.78 is 5.12. The summed E-state index contributed by atoms with van der Waals surface area (Å²) in [5.41, 5.74) is 4.91. The first kappa shape index (κ1) is 24.4. The van der Waals surface area contributed by atoms with Crippen LogP contribution >= 0.6 is 12.2 Å². The van der Waals surface area contributed by atoms with Crippen LogP contribution in [0.15, 0.2) is 29.3 Å². The highest BCUT2D eigenvalue weighted by atomic mass is 32.1. The number of carbonyl (C=O) groups excluding carboxylic acids is 1. The minimum Gasteiger partial charge on any atom is -0.450 e. The number of thiocarbonyl (C=S) groups is 1. The Morgan fingerprint density at radius 1 is 1.06 bits per heavy atom. The molecular weight excluding hydrogens is 438 g/mol. The highest BCUT2D eigenvalue weighted by molar-refractivity contribution is 7.80. The fourth-order valence-corrected chi connectivity index (χ4v) is 3.70. The lowest BCUT2D eigenvalue weighted by Gasteiger charge is -2.35. The average molecular weight is 470 g/mol. The third kappa shape index (κ3) is 6.61. The van der Waals surface area contributed by atoms with Gasteiger partial charge in [0.2, 0.25) is 17.0 Å². The number of aryl methyl sites for hydroxylation is 3. The summed E-state index contributed by atoms with van der Waals surface area (Å²) in [4.78, 5) is 29.4. The van der Waals surface area contributed by atoms with E-state index in [1.807, 2.05) is 43.9 Å². The van der Waals surface area contributed by atoms with Crippen molar-refractivity contribution < 1.29 is 9.53 Å². The van der Waals surface area contributed by atoms with Gasteiger partial charge in [-0.25, -0.2) is 14.8 Å². The Labute approximate surface area is 200 Å². The molecule has 1 aliphatic heterocycles. The predicted molar refractivity (Wildman–Crippen MR) is 135 cm³/mol. The van der Waals surface area contributed by atoms with Gasteiger partial charge in [0.1, 0.15) is 0 Å². The van der Waals surface area contributed by atoms with Crippen LogP contribution in [0.25, 0.3) is 0 Å². The summed E-state index contributed by atoms with van der Waals surface area (Å²) >= 11 is 5.56. The van der Waals surface area contributed by atoms with Gasteiger partial charge in [-0.2, -0.15) is 4.99 Å². The number of hydrogen-bond acceptors (Lipinski definition) is 5. The third-order valence-electron chi connectivity index (χ3n) is 5.36. The number of aromatic nitrogens is 2. The number of aliphatic imine (C=N–C) groups is 1. The molecule has 1 saturated heterocycles. The Kier molecular flexibility index (Phi) is 8.16. The number of piperazine rings is 1. The smallest absolute Gasteiger partial charge is 0.409 e. The SMILES string of the molecule is CCOC(=O)N1CCN(/C(=N\C(=S)Nc2cccc(C)c2C)Nc2nc(C)cc(C)n2)CC1. The van der Waals surface area contributed by atoms with E-state index in [9.17, 15) is 4.79 Å². The molecule has 1 aromatic heterocycles. The first-order valence-electron chi connectivity index (χ1n) is 11.0. The lowest BCUT2D eigenvalue weighted by molar-refractivity contribution is 0.0920. The number of anilines is 2. The van der Waals surface area contributed by atoms with E-state index in [1.54, 1.807) is 11.8 Å². The van der Waals surface area contributed by atoms with Crippen LogP contribution in [0.2, 0.25) is 0 Å². The van der Waals surface area contributed by atoms with Crippen molar-refractivity contribution in [2.45, 2.75) is 34.6 Å². The highest BCUT2D eigenvalue weighted by Gasteiger charge is 2.25. The first-order chi connectivity index (χ1) is 15.8. The van der Waals surface area contributed by atoms with Gasteiger partial charge < -0.3 is 19.9 Å². The van der Waals surface area contributed by atoms with Gasteiger partial charge in [-0.1, -0.05) is 12.1 Å². The molecule has 0 spiro atoms. The molecule has 0 radical (unpaired) electrons. The van der Waals surface area contributed by atoms with E-state index in [0.717, 1.165) is 22.6 Å². The zero-order chi connectivity index (χ0) is 24.0. The molecule has 0 atom stereocenters. The van der Waals surface area contributed by atoms with E-state index in [4.69, 9.17) is 17.0 Å². The molecule has 1 aromatic carbocycles. The number of ether oxygens (including phenoxy) is 1. The van der Waals surface area contributed by atoms with Crippen molar-refractivity contribution in [3.05, 3.63) is 46.8 Å². The second kappa shape index (κ2) is 11.0. The normalized spacial score (nSPS) is 14.2. The van der Waals surface area contributed by atoms with Crippen molar-refractivity contribution >= 4 is 41.0 Å². The third-order valence-corrected chi connectivity index (χ3v) is 5.56. The van der Waals surface area contributed by atoms with Gasteiger partial charge in [0.25, 0.3) is 0 Å². The van der Waals surface area contributed by atoms with E-state index >= 15 is 0 Å². The van der Waals surface area contributed by atoms with E-state index < -0.39 is 0 Å². The van der Waals surface area contributed by atoms with Gasteiger partial charge in [-0.3, -0.25) is 5.32 Å². The summed E-state index contributed by atoms with van der Waals surface area (Å²) in [6.45, 7) is 12.3. The van der Waals surface area contributed by atoms with Crippen LogP contribution in [0.1, 0.15) is 29.4 Å². The monoisotopic (exact) mass is 469 g/mol. The summed E-state index contributed by atoms with van der Waals surface area (Å²) in [6, 6.07) is 7.92. The number of carbonyl (C=O) groups is 1. The van der Waals surface area contributed by atoms with Crippen molar-refractivity contribution in [1.29, 1.82) is 0 Å². The van der Waals surface area contributed by atoms with Crippen LogP contribution in [0.5, 0.6) is 0 Å². The van der Waals surface area contributed by atoms with Gasteiger partial charge >= 0.3 is 6.09 Å². The van der Waals surface area contributed by atoms with Gasteiger partial charge in [0.15, 0.2) is 0 Å². The fourth-order valence-electron chi connectivity index (χ4n) is 3.50. The molecule has 176 valence electrons. The quantitative estimate of drug-likeness (QED) is 0.400. The number of benzene rings is 1. The summed E-state index contributed by atoms with van der Waals surface area (Å²) in [5, 5.41) is 6.78. The topological polar surface area (TPSA) is 95.0 Å². The van der Waals surface area contributed by atoms with Crippen molar-refractivity contribution in [3.63, 3.8) is 0 Å². The first-order valence-corrected chi connectivity index (χ1v) is 11.4. The van der Waals surface area contributed by atoms with E-state index in [-0.39, 0.29) is 6.09 Å². The molecule has 33 heavy (non-hydrogen) atoms. The van der Waals surface area contributed by atoms with Gasteiger partial charge in [0.05, 0.1) is 6.61 Å². The highest BCUT2D eigenvalue weighted by Crippen LogP contribution is 2.18. The number of rotatable bonds is 3. The molecule has 2 heterocycles. The number of nitrogens with zero attached hydrogens (tertiary/aromatic N) is 5. The predicted octanol–water partition coefficient (Wildman–Crippen LogP) is 3.65. The maximum absolute atomic E-state index is 12.1. The molecule has 2 aromatic rings. The average Bonchev–Trinajstić information content (AvgIpc) is 2.76. The molecular formula is C23H31N7O2S. The van der Waals surface area contributed by atoms with Crippen LogP contribution in [0.3, 0.4) is 0 Å². The maximum atomic E-state index is 12.1. The lowest BCUT2D eigenvalue weighted by Crippen LogP contribution is -2.52. The summed E-state index contributed by atoms with van der Waals surface area (Å²) in [7, 11) is 0. The molecule has 0 saturated carbocycles. The van der Waals surface area contributed by atoms with Crippen LogP contribution in [0.4, 0.5) is 16.4 Å². The number of nitrogens with one attached hydrogen (secondary N) is 2. The molecule has 2 N–H and O–H groups in total. The molecule has 3 rings (SSSR count). The zero-order valence-corrected chi connectivity index (χ0v) is 20.6. The number of amides is 1. The van der Waals surface area contributed by atoms with Crippen molar-refractivity contribution in [3.8, 4) is 0 Å². The fraction of sp³-hybridized carbons (Fsp3) is 0.435. The largest absolute Gasteiger partial charge is 0.450 e. The summed E-state index contributed by atoms with van der Waals surface area (Å²) in [5.74, 6) is 0.986. The number of guanidine groups is 1. The van der Waals surface area contributed by atoms with Crippen LogP contribution < -0.4 is 10.6 Å². The zero-order valence-electron chi connectivity index (χ0n) is 19.8.